The number of aliphatic hydroxyl groups is 1. The Kier molecular flexibility index (Phi) is 7.22. The molecule has 1 aliphatic rings. The molecule has 3 aromatic rings. The van der Waals surface area contributed by atoms with E-state index in [0.717, 1.165) is 23.1 Å². The van der Waals surface area contributed by atoms with Gasteiger partial charge in [-0.3, -0.25) is 4.79 Å². The van der Waals surface area contributed by atoms with E-state index in [0.29, 0.717) is 23.6 Å². The van der Waals surface area contributed by atoms with Crippen LogP contribution in [0.4, 0.5) is 5.69 Å². The summed E-state index contributed by atoms with van der Waals surface area (Å²) in [6.45, 7) is 6.09. The molecule has 1 aliphatic heterocycles. The van der Waals surface area contributed by atoms with Crippen molar-refractivity contribution in [1.29, 1.82) is 0 Å². The van der Waals surface area contributed by atoms with Gasteiger partial charge in [-0.15, -0.1) is 0 Å². The lowest BCUT2D eigenvalue weighted by atomic mass is 9.81. The van der Waals surface area contributed by atoms with Gasteiger partial charge in [-0.2, -0.15) is 0 Å². The fraction of sp³-hybridized carbons (Fsp3) is 0.310. The molecule has 1 amide bonds. The number of fused-ring (bicyclic) bond motifs is 1. The number of anilines is 1. The topological polar surface area (TPSA) is 84.9 Å². The van der Waals surface area contributed by atoms with Crippen molar-refractivity contribution in [3.05, 3.63) is 95.1 Å². The van der Waals surface area contributed by atoms with E-state index in [-0.39, 0.29) is 18.4 Å². The maximum atomic E-state index is 13.2. The first-order valence-electron chi connectivity index (χ1n) is 11.9. The highest BCUT2D eigenvalue weighted by Gasteiger charge is 2.34. The number of nitrogens with one attached hydrogen (secondary N) is 1. The summed E-state index contributed by atoms with van der Waals surface area (Å²) in [5.74, 6) is -0.0983. The molecule has 0 bridgehead atoms. The Hall–Kier alpha value is -3.64. The molecule has 0 aromatic heterocycles. The maximum absolute atomic E-state index is 13.2. The lowest BCUT2D eigenvalue weighted by Crippen LogP contribution is -2.35. The minimum absolute atomic E-state index is 0.0428. The molecular weight excluding hydrogens is 442 g/mol. The minimum atomic E-state index is -0.885. The number of amides is 1. The third-order valence-corrected chi connectivity index (χ3v) is 6.49. The number of hydrogen-bond acceptors (Lipinski definition) is 5. The minimum Gasteiger partial charge on any atom is -0.493 e. The zero-order chi connectivity index (χ0) is 25.0. The molecule has 3 aromatic carbocycles. The van der Waals surface area contributed by atoms with E-state index >= 15 is 0 Å². The van der Waals surface area contributed by atoms with Gasteiger partial charge in [-0.05, 0) is 62.6 Å². The van der Waals surface area contributed by atoms with Crippen LogP contribution in [0.5, 0.6) is 5.75 Å². The molecule has 0 saturated heterocycles. The number of carbonyl (C=O) groups is 2. The predicted octanol–water partition coefficient (Wildman–Crippen LogP) is 5.06. The summed E-state index contributed by atoms with van der Waals surface area (Å²) >= 11 is 0. The van der Waals surface area contributed by atoms with Gasteiger partial charge in [0.15, 0.2) is 0 Å². The van der Waals surface area contributed by atoms with Gasteiger partial charge in [0.05, 0.1) is 30.3 Å². The highest BCUT2D eigenvalue weighted by Crippen LogP contribution is 2.39. The van der Waals surface area contributed by atoms with Crippen LogP contribution in [0.2, 0.25) is 0 Å². The SMILES string of the molecule is CCOC(=O)c1cccc(NC(=O)C(C)(C)c2ccc3c(c2)OC[C@@H](Cc2ccccc2)[C@@H]3O)c1. The molecule has 0 aliphatic carbocycles. The summed E-state index contributed by atoms with van der Waals surface area (Å²) in [6, 6.07) is 22.3. The number of ether oxygens (including phenoxy) is 2. The van der Waals surface area contributed by atoms with Crippen molar-refractivity contribution in [2.24, 2.45) is 5.92 Å². The zero-order valence-electron chi connectivity index (χ0n) is 20.3. The molecule has 0 saturated carbocycles. The van der Waals surface area contributed by atoms with Crippen LogP contribution in [-0.4, -0.2) is 30.2 Å². The van der Waals surface area contributed by atoms with Crippen molar-refractivity contribution in [3.63, 3.8) is 0 Å². The molecule has 182 valence electrons. The van der Waals surface area contributed by atoms with E-state index in [4.69, 9.17) is 9.47 Å². The van der Waals surface area contributed by atoms with Crippen LogP contribution in [0.25, 0.3) is 0 Å². The maximum Gasteiger partial charge on any atom is 0.338 e. The van der Waals surface area contributed by atoms with E-state index in [9.17, 15) is 14.7 Å². The van der Waals surface area contributed by atoms with Gasteiger partial charge in [0.2, 0.25) is 5.91 Å². The van der Waals surface area contributed by atoms with Crippen LogP contribution in [0.3, 0.4) is 0 Å². The van der Waals surface area contributed by atoms with Crippen molar-refractivity contribution in [2.45, 2.75) is 38.7 Å². The Morgan fingerprint density at radius 1 is 1.06 bits per heavy atom. The monoisotopic (exact) mass is 473 g/mol. The van der Waals surface area contributed by atoms with Gasteiger partial charge in [0.1, 0.15) is 5.75 Å². The van der Waals surface area contributed by atoms with Crippen molar-refractivity contribution in [2.75, 3.05) is 18.5 Å². The molecule has 0 spiro atoms. The van der Waals surface area contributed by atoms with E-state index in [1.165, 1.54) is 0 Å². The lowest BCUT2D eigenvalue weighted by molar-refractivity contribution is -0.120. The van der Waals surface area contributed by atoms with Gasteiger partial charge in [-0.1, -0.05) is 48.5 Å². The Morgan fingerprint density at radius 3 is 2.57 bits per heavy atom. The molecule has 2 N–H and O–H groups in total. The number of aliphatic hydroxyl groups excluding tert-OH is 1. The Bertz CT molecular complexity index is 1200. The predicted molar refractivity (Wildman–Crippen MR) is 135 cm³/mol. The summed E-state index contributed by atoms with van der Waals surface area (Å²) < 4.78 is 11.1. The summed E-state index contributed by atoms with van der Waals surface area (Å²) in [7, 11) is 0. The quantitative estimate of drug-likeness (QED) is 0.469. The van der Waals surface area contributed by atoms with E-state index in [1.54, 1.807) is 31.2 Å². The van der Waals surface area contributed by atoms with Gasteiger partial charge in [-0.25, -0.2) is 4.79 Å². The van der Waals surface area contributed by atoms with Crippen LogP contribution in [0, 0.1) is 5.92 Å². The first-order chi connectivity index (χ1) is 16.8. The van der Waals surface area contributed by atoms with Crippen LogP contribution < -0.4 is 10.1 Å². The fourth-order valence-corrected chi connectivity index (χ4v) is 4.28. The lowest BCUT2D eigenvalue weighted by Gasteiger charge is -2.32. The Morgan fingerprint density at radius 2 is 1.83 bits per heavy atom. The van der Waals surface area contributed by atoms with Crippen LogP contribution in [0.15, 0.2) is 72.8 Å². The highest BCUT2D eigenvalue weighted by molar-refractivity contribution is 5.99. The largest absolute Gasteiger partial charge is 0.493 e. The number of esters is 1. The first-order valence-corrected chi connectivity index (χ1v) is 11.9. The van der Waals surface area contributed by atoms with Gasteiger partial charge in [0, 0.05) is 17.2 Å². The van der Waals surface area contributed by atoms with E-state index in [1.807, 2.05) is 50.2 Å². The van der Waals surface area contributed by atoms with E-state index in [2.05, 4.69) is 17.4 Å². The van der Waals surface area contributed by atoms with Crippen LogP contribution in [0.1, 0.15) is 53.9 Å². The molecular formula is C29H31NO5. The second-order valence-corrected chi connectivity index (χ2v) is 9.34. The first kappa shape index (κ1) is 24.5. The molecule has 35 heavy (non-hydrogen) atoms. The molecule has 0 unspecified atom stereocenters. The third-order valence-electron chi connectivity index (χ3n) is 6.49. The van der Waals surface area contributed by atoms with Crippen molar-refractivity contribution >= 4 is 17.6 Å². The average Bonchev–Trinajstić information content (AvgIpc) is 2.86. The molecule has 2 atom stereocenters. The number of carbonyl (C=O) groups excluding carboxylic acids is 2. The third kappa shape index (κ3) is 5.38. The zero-order valence-corrected chi connectivity index (χ0v) is 20.3. The molecule has 6 nitrogen and oxygen atoms in total. The molecule has 6 heteroatoms. The molecule has 1 heterocycles. The smallest absolute Gasteiger partial charge is 0.338 e. The average molecular weight is 474 g/mol. The standard InChI is InChI=1S/C29H31NO5/c1-4-34-27(32)20-11-8-12-23(16-20)30-28(33)29(2,3)22-13-14-24-25(17-22)35-18-21(26(24)31)15-19-9-6-5-7-10-19/h5-14,16-17,21,26,31H,4,15,18H2,1-3H3,(H,30,33)/t21-,26+/m1/s1. The van der Waals surface area contributed by atoms with Crippen molar-refractivity contribution < 1.29 is 24.2 Å². The normalized spacial score (nSPS) is 17.1. The molecule has 0 radical (unpaired) electrons. The van der Waals surface area contributed by atoms with Gasteiger partial charge >= 0.3 is 5.97 Å². The Balaban J connectivity index is 1.49. The van der Waals surface area contributed by atoms with Crippen LogP contribution >= 0.6 is 0 Å². The highest BCUT2D eigenvalue weighted by atomic mass is 16.5. The van der Waals surface area contributed by atoms with Crippen LogP contribution in [-0.2, 0) is 21.4 Å². The second kappa shape index (κ2) is 10.3. The number of rotatable bonds is 7. The summed E-state index contributed by atoms with van der Waals surface area (Å²) in [4.78, 5) is 25.2. The number of hydrogen-bond donors (Lipinski definition) is 2. The van der Waals surface area contributed by atoms with Gasteiger partial charge in [0.25, 0.3) is 0 Å². The summed E-state index contributed by atoms with van der Waals surface area (Å²) in [5.41, 5.74) is 2.67. The molecule has 4 rings (SSSR count). The molecule has 0 fully saturated rings. The Labute approximate surface area is 205 Å². The van der Waals surface area contributed by atoms with Crippen molar-refractivity contribution in [1.82, 2.24) is 0 Å². The summed E-state index contributed by atoms with van der Waals surface area (Å²) in [6.07, 6.45) is 0.0812. The van der Waals surface area contributed by atoms with E-state index < -0.39 is 17.5 Å². The number of benzene rings is 3. The summed E-state index contributed by atoms with van der Waals surface area (Å²) in [5, 5.41) is 13.9. The van der Waals surface area contributed by atoms with Gasteiger partial charge < -0.3 is 19.9 Å². The van der Waals surface area contributed by atoms with Crippen molar-refractivity contribution in [3.8, 4) is 5.75 Å². The fourth-order valence-electron chi connectivity index (χ4n) is 4.28. The second-order valence-electron chi connectivity index (χ2n) is 9.34.